The molecule has 0 unspecified atom stereocenters. The lowest BCUT2D eigenvalue weighted by Crippen LogP contribution is -2.02. The summed E-state index contributed by atoms with van der Waals surface area (Å²) in [4.78, 5) is 0. The molecule has 1 aliphatic rings. The Labute approximate surface area is 98.5 Å². The van der Waals surface area contributed by atoms with E-state index in [0.29, 0.717) is 0 Å². The summed E-state index contributed by atoms with van der Waals surface area (Å²) in [7, 11) is 0. The first-order valence-corrected chi connectivity index (χ1v) is 5.39. The van der Waals surface area contributed by atoms with Gasteiger partial charge in [0.15, 0.2) is 0 Å². The topological polar surface area (TPSA) is 50.9 Å². The summed E-state index contributed by atoms with van der Waals surface area (Å²) in [5.41, 5.74) is 1.75. The second-order valence-electron chi connectivity index (χ2n) is 3.89. The Hall–Kier alpha value is -2.36. The van der Waals surface area contributed by atoms with Gasteiger partial charge in [0.25, 0.3) is 0 Å². The first-order chi connectivity index (χ1) is 8.33. The number of rotatable bonds is 2. The molecule has 0 saturated heterocycles. The van der Waals surface area contributed by atoms with Gasteiger partial charge in [0.2, 0.25) is 0 Å². The maximum Gasteiger partial charge on any atom is 0.115 e. The monoisotopic (exact) mass is 225 g/mol. The van der Waals surface area contributed by atoms with E-state index >= 15 is 0 Å². The summed E-state index contributed by atoms with van der Waals surface area (Å²) in [6.07, 6.45) is 9.99. The van der Waals surface area contributed by atoms with Crippen molar-refractivity contribution < 1.29 is 5.11 Å². The zero-order valence-electron chi connectivity index (χ0n) is 9.06. The molecule has 2 aromatic rings. The Morgan fingerprint density at radius 2 is 1.76 bits per heavy atom. The smallest absolute Gasteiger partial charge is 0.115 e. The highest BCUT2D eigenvalue weighted by Crippen LogP contribution is 2.21. The van der Waals surface area contributed by atoms with Crippen molar-refractivity contribution in [2.24, 2.45) is 0 Å². The Morgan fingerprint density at radius 1 is 1.06 bits per heavy atom. The highest BCUT2D eigenvalue weighted by Gasteiger charge is 2.10. The predicted molar refractivity (Wildman–Crippen MR) is 64.4 cm³/mol. The minimum Gasteiger partial charge on any atom is -0.508 e. The third-order valence-electron chi connectivity index (χ3n) is 2.71. The predicted octanol–water partition coefficient (Wildman–Crippen LogP) is 2.32. The van der Waals surface area contributed by atoms with Crippen LogP contribution in [0.2, 0.25) is 0 Å². The lowest BCUT2D eigenvalue weighted by Gasteiger charge is -2.02. The molecule has 0 spiro atoms. The Kier molecular flexibility index (Phi) is 2.26. The average Bonchev–Trinajstić information content (AvgIpc) is 3.00. The molecule has 0 bridgehead atoms. The van der Waals surface area contributed by atoms with E-state index in [0.717, 1.165) is 11.3 Å². The second kappa shape index (κ2) is 3.90. The number of hydrogen-bond acceptors (Lipinski definition) is 3. The van der Waals surface area contributed by atoms with E-state index in [1.807, 2.05) is 35.2 Å². The third kappa shape index (κ3) is 1.85. The van der Waals surface area contributed by atoms with Gasteiger partial charge in [0.1, 0.15) is 11.4 Å². The van der Waals surface area contributed by atoms with Gasteiger partial charge in [0, 0.05) is 5.56 Å². The molecule has 0 radical (unpaired) electrons. The van der Waals surface area contributed by atoms with Gasteiger partial charge in [-0.25, -0.2) is 4.68 Å². The van der Waals surface area contributed by atoms with Crippen molar-refractivity contribution in [2.45, 2.75) is 6.04 Å². The highest BCUT2D eigenvalue weighted by molar-refractivity contribution is 5.58. The molecule has 84 valence electrons. The normalized spacial score (nSPS) is 14.6. The van der Waals surface area contributed by atoms with Crippen LogP contribution < -0.4 is 0 Å². The van der Waals surface area contributed by atoms with Gasteiger partial charge in [-0.2, -0.15) is 0 Å². The van der Waals surface area contributed by atoms with E-state index in [2.05, 4.69) is 22.5 Å². The molecule has 1 aliphatic carbocycles. The first-order valence-electron chi connectivity index (χ1n) is 5.39. The van der Waals surface area contributed by atoms with Crippen LogP contribution in [0.5, 0.6) is 5.75 Å². The summed E-state index contributed by atoms with van der Waals surface area (Å²) in [6, 6.07) is 7.09. The fourth-order valence-corrected chi connectivity index (χ4v) is 1.78. The lowest BCUT2D eigenvalue weighted by molar-refractivity contribution is 0.475. The quantitative estimate of drug-likeness (QED) is 0.853. The summed E-state index contributed by atoms with van der Waals surface area (Å²) >= 11 is 0. The third-order valence-corrected chi connectivity index (χ3v) is 2.71. The molecule has 1 N–H and O–H groups in total. The Bertz CT molecular complexity index is 569. The van der Waals surface area contributed by atoms with Crippen LogP contribution in [0.1, 0.15) is 6.04 Å². The number of phenolic OH excluding ortho intramolecular Hbond substituents is 1. The largest absolute Gasteiger partial charge is 0.508 e. The molecular weight excluding hydrogens is 214 g/mol. The molecule has 1 aromatic carbocycles. The molecule has 1 heterocycles. The van der Waals surface area contributed by atoms with E-state index in [1.54, 1.807) is 12.1 Å². The molecule has 0 saturated carbocycles. The number of nitrogens with zero attached hydrogens (tertiary/aromatic N) is 3. The van der Waals surface area contributed by atoms with Gasteiger partial charge in [-0.15, -0.1) is 5.10 Å². The van der Waals surface area contributed by atoms with Crippen LogP contribution in [0.25, 0.3) is 11.3 Å². The van der Waals surface area contributed by atoms with E-state index in [4.69, 9.17) is 0 Å². The van der Waals surface area contributed by atoms with E-state index in [-0.39, 0.29) is 11.8 Å². The highest BCUT2D eigenvalue weighted by atomic mass is 16.3. The summed E-state index contributed by atoms with van der Waals surface area (Å²) in [5, 5.41) is 17.4. The summed E-state index contributed by atoms with van der Waals surface area (Å²) < 4.78 is 1.81. The van der Waals surface area contributed by atoms with Crippen LogP contribution in [0, 0.1) is 0 Å². The number of aromatic nitrogens is 3. The van der Waals surface area contributed by atoms with E-state index in [9.17, 15) is 5.11 Å². The van der Waals surface area contributed by atoms with Crippen LogP contribution in [-0.4, -0.2) is 20.1 Å². The molecule has 1 aromatic heterocycles. The second-order valence-corrected chi connectivity index (χ2v) is 3.89. The minimum absolute atomic E-state index is 0.161. The number of aromatic hydroxyl groups is 1. The standard InChI is InChI=1S/C13H11N3O/c17-12-7-5-10(6-8-12)13-9-16(15-14-13)11-3-1-2-4-11/h1-9,11,17H. The maximum absolute atomic E-state index is 9.22. The van der Waals surface area contributed by atoms with Crippen LogP contribution in [0.3, 0.4) is 0 Å². The SMILES string of the molecule is Oc1ccc(-c2cn(C3C=CC=C3)nn2)cc1. The van der Waals surface area contributed by atoms with Crippen LogP contribution in [-0.2, 0) is 0 Å². The molecule has 4 nitrogen and oxygen atoms in total. The van der Waals surface area contributed by atoms with Crippen molar-refractivity contribution in [3.05, 3.63) is 54.8 Å². The Morgan fingerprint density at radius 3 is 2.47 bits per heavy atom. The zero-order chi connectivity index (χ0) is 11.7. The molecule has 0 aliphatic heterocycles. The Balaban J connectivity index is 1.92. The number of allylic oxidation sites excluding steroid dienone is 4. The molecule has 0 amide bonds. The van der Waals surface area contributed by atoms with Gasteiger partial charge in [0.05, 0.1) is 12.2 Å². The molecule has 0 fully saturated rings. The molecule has 0 atom stereocenters. The van der Waals surface area contributed by atoms with Gasteiger partial charge < -0.3 is 5.11 Å². The van der Waals surface area contributed by atoms with Gasteiger partial charge in [-0.3, -0.25) is 0 Å². The van der Waals surface area contributed by atoms with Crippen LogP contribution in [0.15, 0.2) is 54.8 Å². The molecule has 3 rings (SSSR count). The van der Waals surface area contributed by atoms with Crippen molar-refractivity contribution in [3.8, 4) is 17.0 Å². The summed E-state index contributed by atoms with van der Waals surface area (Å²) in [6.45, 7) is 0. The van der Waals surface area contributed by atoms with Gasteiger partial charge in [-0.1, -0.05) is 29.5 Å². The van der Waals surface area contributed by atoms with E-state index < -0.39 is 0 Å². The van der Waals surface area contributed by atoms with Crippen molar-refractivity contribution in [1.29, 1.82) is 0 Å². The lowest BCUT2D eigenvalue weighted by atomic mass is 10.1. The van der Waals surface area contributed by atoms with Crippen molar-refractivity contribution >= 4 is 0 Å². The maximum atomic E-state index is 9.22. The van der Waals surface area contributed by atoms with Gasteiger partial charge >= 0.3 is 0 Å². The van der Waals surface area contributed by atoms with E-state index in [1.165, 1.54) is 0 Å². The van der Waals surface area contributed by atoms with Crippen LogP contribution in [0.4, 0.5) is 0 Å². The van der Waals surface area contributed by atoms with Crippen molar-refractivity contribution in [3.63, 3.8) is 0 Å². The van der Waals surface area contributed by atoms with Gasteiger partial charge in [-0.05, 0) is 24.3 Å². The minimum atomic E-state index is 0.161. The molecule has 17 heavy (non-hydrogen) atoms. The number of benzene rings is 1. The van der Waals surface area contributed by atoms with Crippen molar-refractivity contribution in [2.75, 3.05) is 0 Å². The fraction of sp³-hybridized carbons (Fsp3) is 0.0769. The van der Waals surface area contributed by atoms with Crippen molar-refractivity contribution in [1.82, 2.24) is 15.0 Å². The zero-order valence-corrected chi connectivity index (χ0v) is 9.06. The fourth-order valence-electron chi connectivity index (χ4n) is 1.78. The molecule has 4 heteroatoms. The number of hydrogen-bond donors (Lipinski definition) is 1. The first kappa shape index (κ1) is 9.84. The summed E-state index contributed by atoms with van der Waals surface area (Å²) in [5.74, 6) is 0.253. The average molecular weight is 225 g/mol. The van der Waals surface area contributed by atoms with Crippen LogP contribution >= 0.6 is 0 Å². The molecular formula is C13H11N3O. The number of phenols is 1.